The number of nitro benzene ring substituents is 1. The molecule has 3 rings (SSSR count). The Hall–Kier alpha value is -3.71. The number of nitrogens with zero attached hydrogens (tertiary/aromatic N) is 1. The van der Waals surface area contributed by atoms with E-state index in [-0.39, 0.29) is 22.4 Å². The number of non-ortho nitro benzene ring substituents is 1. The van der Waals surface area contributed by atoms with E-state index in [4.69, 9.17) is 16.3 Å². The minimum Gasteiger partial charge on any atom is -0.465 e. The molecule has 1 N–H and O–H groups in total. The number of anilines is 2. The van der Waals surface area contributed by atoms with Gasteiger partial charge in [-0.25, -0.2) is 4.79 Å². The Balaban J connectivity index is 1.95. The van der Waals surface area contributed by atoms with Crippen LogP contribution < -0.4 is 5.32 Å². The third-order valence-electron chi connectivity index (χ3n) is 4.14. The van der Waals surface area contributed by atoms with Gasteiger partial charge in [-0.1, -0.05) is 11.6 Å². The molecule has 29 heavy (non-hydrogen) atoms. The predicted molar refractivity (Wildman–Crippen MR) is 109 cm³/mol. The number of rotatable bonds is 6. The molecule has 146 valence electrons. The molecule has 8 heteroatoms. The van der Waals surface area contributed by atoms with Crippen LogP contribution in [0.25, 0.3) is 0 Å². The number of ketones is 1. The fourth-order valence-electron chi connectivity index (χ4n) is 2.69. The first-order valence-corrected chi connectivity index (χ1v) is 8.81. The molecule has 0 saturated carbocycles. The maximum absolute atomic E-state index is 12.9. The lowest BCUT2D eigenvalue weighted by molar-refractivity contribution is -0.384. The monoisotopic (exact) mass is 410 g/mol. The van der Waals surface area contributed by atoms with Gasteiger partial charge < -0.3 is 10.1 Å². The van der Waals surface area contributed by atoms with Gasteiger partial charge in [-0.05, 0) is 54.6 Å². The van der Waals surface area contributed by atoms with Crippen molar-refractivity contribution in [2.75, 3.05) is 12.4 Å². The number of hydrogen-bond donors (Lipinski definition) is 1. The molecule has 7 nitrogen and oxygen atoms in total. The molecule has 0 aliphatic heterocycles. The molecular weight excluding hydrogens is 396 g/mol. The Labute approximate surface area is 171 Å². The highest BCUT2D eigenvalue weighted by Crippen LogP contribution is 2.24. The fraction of sp³-hybridized carbons (Fsp3) is 0.0476. The minimum absolute atomic E-state index is 0.0785. The summed E-state index contributed by atoms with van der Waals surface area (Å²) in [5.41, 5.74) is 1.63. The first-order valence-electron chi connectivity index (χ1n) is 8.43. The average molecular weight is 411 g/mol. The van der Waals surface area contributed by atoms with Crippen molar-refractivity contribution < 1.29 is 19.2 Å². The molecule has 0 unspecified atom stereocenters. The van der Waals surface area contributed by atoms with Crippen molar-refractivity contribution in [3.8, 4) is 0 Å². The van der Waals surface area contributed by atoms with Crippen molar-refractivity contribution in [2.45, 2.75) is 0 Å². The molecular formula is C21H15ClN2O5. The van der Waals surface area contributed by atoms with Crippen molar-refractivity contribution >= 4 is 40.4 Å². The molecule has 0 atom stereocenters. The number of benzene rings is 3. The molecule has 0 fully saturated rings. The number of nitro groups is 1. The summed E-state index contributed by atoms with van der Waals surface area (Å²) in [6.45, 7) is 0. The van der Waals surface area contributed by atoms with Crippen LogP contribution in [0.5, 0.6) is 0 Å². The molecule has 0 aliphatic carbocycles. The zero-order valence-corrected chi connectivity index (χ0v) is 16.0. The van der Waals surface area contributed by atoms with Crippen LogP contribution in [0.4, 0.5) is 17.1 Å². The van der Waals surface area contributed by atoms with Gasteiger partial charge in [0.15, 0.2) is 5.78 Å². The van der Waals surface area contributed by atoms with Gasteiger partial charge in [0.2, 0.25) is 0 Å². The molecule has 0 aromatic heterocycles. The second-order valence-electron chi connectivity index (χ2n) is 6.02. The van der Waals surface area contributed by atoms with E-state index in [1.807, 2.05) is 0 Å². The van der Waals surface area contributed by atoms with Gasteiger partial charge in [0, 0.05) is 39.7 Å². The summed E-state index contributed by atoms with van der Waals surface area (Å²) in [7, 11) is 1.22. The smallest absolute Gasteiger partial charge is 0.338 e. The Bertz CT molecular complexity index is 1080. The number of halogens is 1. The molecule has 0 radical (unpaired) electrons. The highest BCUT2D eigenvalue weighted by molar-refractivity contribution is 6.30. The number of esters is 1. The third-order valence-corrected chi connectivity index (χ3v) is 4.39. The first-order chi connectivity index (χ1) is 13.9. The zero-order valence-electron chi connectivity index (χ0n) is 15.2. The highest BCUT2D eigenvalue weighted by atomic mass is 35.5. The van der Waals surface area contributed by atoms with E-state index in [1.165, 1.54) is 43.5 Å². The second kappa shape index (κ2) is 8.53. The summed E-state index contributed by atoms with van der Waals surface area (Å²) < 4.78 is 4.81. The standard InChI is InChI=1S/C21H15ClN2O5/c1-29-21(26)19-12-16(23-15-6-4-14(22)5-7-15)8-11-18(19)20(25)13-2-9-17(10-3-13)24(27)28/h2-12,23H,1H3. The van der Waals surface area contributed by atoms with Crippen LogP contribution in [0.3, 0.4) is 0 Å². The van der Waals surface area contributed by atoms with Crippen LogP contribution >= 0.6 is 11.6 Å². The second-order valence-corrected chi connectivity index (χ2v) is 6.45. The number of carbonyl (C=O) groups excluding carboxylic acids is 2. The van der Waals surface area contributed by atoms with Gasteiger partial charge in [0.05, 0.1) is 17.6 Å². The first kappa shape index (κ1) is 20.0. The molecule has 0 spiro atoms. The van der Waals surface area contributed by atoms with Crippen molar-refractivity contribution in [3.05, 3.63) is 98.6 Å². The molecule has 0 bridgehead atoms. The van der Waals surface area contributed by atoms with E-state index in [0.29, 0.717) is 10.7 Å². The molecule has 3 aromatic rings. The number of hydrogen-bond acceptors (Lipinski definition) is 6. The quantitative estimate of drug-likeness (QED) is 0.265. The molecule has 0 aliphatic rings. The molecule has 3 aromatic carbocycles. The number of ether oxygens (including phenoxy) is 1. The van der Waals surface area contributed by atoms with E-state index in [2.05, 4.69) is 5.32 Å². The van der Waals surface area contributed by atoms with E-state index < -0.39 is 16.7 Å². The van der Waals surface area contributed by atoms with Gasteiger partial charge >= 0.3 is 5.97 Å². The fourth-order valence-corrected chi connectivity index (χ4v) is 2.81. The summed E-state index contributed by atoms with van der Waals surface area (Å²) >= 11 is 5.88. The maximum atomic E-state index is 12.9. The topological polar surface area (TPSA) is 98.5 Å². The summed E-state index contributed by atoms with van der Waals surface area (Å²) in [5.74, 6) is -1.12. The van der Waals surface area contributed by atoms with Crippen LogP contribution in [0.15, 0.2) is 66.7 Å². The number of methoxy groups -OCH3 is 1. The lowest BCUT2D eigenvalue weighted by atomic mass is 9.97. The van der Waals surface area contributed by atoms with E-state index >= 15 is 0 Å². The van der Waals surface area contributed by atoms with Crippen molar-refractivity contribution in [1.82, 2.24) is 0 Å². The maximum Gasteiger partial charge on any atom is 0.338 e. The summed E-state index contributed by atoms with van der Waals surface area (Å²) in [5, 5.41) is 14.5. The van der Waals surface area contributed by atoms with Gasteiger partial charge in [-0.2, -0.15) is 0 Å². The van der Waals surface area contributed by atoms with Crippen LogP contribution in [0, 0.1) is 10.1 Å². The largest absolute Gasteiger partial charge is 0.465 e. The highest BCUT2D eigenvalue weighted by Gasteiger charge is 2.20. The summed E-state index contributed by atoms with van der Waals surface area (Å²) in [4.78, 5) is 35.4. The predicted octanol–water partition coefficient (Wildman–Crippen LogP) is 5.01. The Morgan fingerprint density at radius 2 is 1.55 bits per heavy atom. The Kier molecular flexibility index (Phi) is 5.90. The Morgan fingerprint density at radius 3 is 2.14 bits per heavy atom. The van der Waals surface area contributed by atoms with Gasteiger partial charge in [0.1, 0.15) is 0 Å². The third kappa shape index (κ3) is 4.59. The summed E-state index contributed by atoms with van der Waals surface area (Å²) in [6, 6.07) is 16.8. The number of carbonyl (C=O) groups is 2. The normalized spacial score (nSPS) is 10.3. The van der Waals surface area contributed by atoms with Gasteiger partial charge in [-0.15, -0.1) is 0 Å². The van der Waals surface area contributed by atoms with Crippen LogP contribution in [0.1, 0.15) is 26.3 Å². The SMILES string of the molecule is COC(=O)c1cc(Nc2ccc(Cl)cc2)ccc1C(=O)c1ccc([N+](=O)[O-])cc1. The van der Waals surface area contributed by atoms with Crippen LogP contribution in [0.2, 0.25) is 5.02 Å². The van der Waals surface area contributed by atoms with Crippen LogP contribution in [-0.2, 0) is 4.74 Å². The van der Waals surface area contributed by atoms with Gasteiger partial charge in [-0.3, -0.25) is 14.9 Å². The van der Waals surface area contributed by atoms with Gasteiger partial charge in [0.25, 0.3) is 5.69 Å². The Morgan fingerprint density at radius 1 is 0.931 bits per heavy atom. The van der Waals surface area contributed by atoms with E-state index in [1.54, 1.807) is 30.3 Å². The zero-order chi connectivity index (χ0) is 21.0. The summed E-state index contributed by atoms with van der Waals surface area (Å²) in [6.07, 6.45) is 0. The lowest BCUT2D eigenvalue weighted by Crippen LogP contribution is -2.12. The van der Waals surface area contributed by atoms with E-state index in [0.717, 1.165) is 5.69 Å². The van der Waals surface area contributed by atoms with Crippen molar-refractivity contribution in [1.29, 1.82) is 0 Å². The van der Waals surface area contributed by atoms with Crippen molar-refractivity contribution in [3.63, 3.8) is 0 Å². The van der Waals surface area contributed by atoms with Crippen molar-refractivity contribution in [2.24, 2.45) is 0 Å². The van der Waals surface area contributed by atoms with E-state index in [9.17, 15) is 19.7 Å². The molecule has 0 amide bonds. The molecule has 0 saturated heterocycles. The van der Waals surface area contributed by atoms with Crippen LogP contribution in [-0.4, -0.2) is 23.8 Å². The average Bonchev–Trinajstić information content (AvgIpc) is 2.74. The minimum atomic E-state index is -0.671. The number of nitrogens with one attached hydrogen (secondary N) is 1. The molecule has 0 heterocycles. The lowest BCUT2D eigenvalue weighted by Gasteiger charge is -2.12.